The van der Waals surface area contributed by atoms with Crippen molar-refractivity contribution in [2.45, 2.75) is 25.7 Å². The molecule has 0 atom stereocenters. The van der Waals surface area contributed by atoms with Crippen LogP contribution in [0.2, 0.25) is 0 Å². The first-order chi connectivity index (χ1) is 9.06. The maximum atomic E-state index is 11.9. The van der Waals surface area contributed by atoms with Crippen LogP contribution in [0.1, 0.15) is 16.1 Å². The van der Waals surface area contributed by atoms with Gasteiger partial charge in [-0.05, 0) is 32.4 Å². The molecule has 1 aromatic carbocycles. The predicted octanol–water partition coefficient (Wildman–Crippen LogP) is 3.80. The van der Waals surface area contributed by atoms with Crippen LogP contribution in [-0.2, 0) is 4.79 Å². The molecular weight excluding hydrogens is 276 g/mol. The van der Waals surface area contributed by atoms with Gasteiger partial charge in [-0.15, -0.1) is 23.1 Å². The van der Waals surface area contributed by atoms with Crippen LogP contribution >= 0.6 is 23.1 Å². The molecule has 0 aliphatic carbocycles. The monoisotopic (exact) mass is 292 g/mol. The summed E-state index contributed by atoms with van der Waals surface area (Å²) in [4.78, 5) is 18.4. The average Bonchev–Trinajstić information content (AvgIpc) is 2.67. The third-order valence-electron chi connectivity index (χ3n) is 2.73. The molecule has 0 bridgehead atoms. The first-order valence-electron chi connectivity index (χ1n) is 5.98. The summed E-state index contributed by atoms with van der Waals surface area (Å²) in [5, 5.41) is 3.53. The van der Waals surface area contributed by atoms with Gasteiger partial charge in [0.15, 0.2) is 5.13 Å². The number of carbonyl (C=O) groups excluding carboxylic acids is 1. The van der Waals surface area contributed by atoms with E-state index in [1.54, 1.807) is 11.8 Å². The molecule has 0 aliphatic heterocycles. The molecule has 0 radical (unpaired) electrons. The number of nitrogens with zero attached hydrogens (tertiary/aromatic N) is 1. The maximum Gasteiger partial charge on any atom is 0.236 e. The highest BCUT2D eigenvalue weighted by Crippen LogP contribution is 2.24. The summed E-state index contributed by atoms with van der Waals surface area (Å²) in [5.74, 6) is 0.393. The van der Waals surface area contributed by atoms with Gasteiger partial charge in [-0.1, -0.05) is 18.2 Å². The maximum absolute atomic E-state index is 11.9. The summed E-state index contributed by atoms with van der Waals surface area (Å²) in [6.07, 6.45) is 0. The molecule has 100 valence electrons. The van der Waals surface area contributed by atoms with Gasteiger partial charge in [-0.2, -0.15) is 0 Å². The molecule has 0 unspecified atom stereocenters. The molecule has 1 N–H and O–H groups in total. The first kappa shape index (κ1) is 14.1. The Balaban J connectivity index is 1.90. The topological polar surface area (TPSA) is 42.0 Å². The van der Waals surface area contributed by atoms with E-state index in [-0.39, 0.29) is 5.91 Å². The van der Waals surface area contributed by atoms with Gasteiger partial charge in [0.1, 0.15) is 0 Å². The number of thioether (sulfide) groups is 1. The van der Waals surface area contributed by atoms with Gasteiger partial charge in [0.05, 0.1) is 11.4 Å². The Labute approximate surface area is 121 Å². The van der Waals surface area contributed by atoms with E-state index in [0.717, 1.165) is 15.5 Å². The van der Waals surface area contributed by atoms with Gasteiger partial charge >= 0.3 is 0 Å². The van der Waals surface area contributed by atoms with Crippen molar-refractivity contribution in [1.82, 2.24) is 4.98 Å². The van der Waals surface area contributed by atoms with Gasteiger partial charge < -0.3 is 5.32 Å². The number of hydrogen-bond acceptors (Lipinski definition) is 4. The van der Waals surface area contributed by atoms with Crippen molar-refractivity contribution in [3.63, 3.8) is 0 Å². The van der Waals surface area contributed by atoms with Gasteiger partial charge in [-0.3, -0.25) is 4.79 Å². The Morgan fingerprint density at radius 3 is 2.68 bits per heavy atom. The number of thiazole rings is 1. The Morgan fingerprint density at radius 2 is 2.05 bits per heavy atom. The Kier molecular flexibility index (Phi) is 4.61. The van der Waals surface area contributed by atoms with Gasteiger partial charge in [0.25, 0.3) is 0 Å². The fraction of sp³-hybridized carbons (Fsp3) is 0.286. The van der Waals surface area contributed by atoms with Crippen LogP contribution < -0.4 is 5.32 Å². The smallest absolute Gasteiger partial charge is 0.236 e. The lowest BCUT2D eigenvalue weighted by Crippen LogP contribution is -2.13. The minimum absolute atomic E-state index is 0.0120. The van der Waals surface area contributed by atoms with Crippen LogP contribution in [0.5, 0.6) is 0 Å². The van der Waals surface area contributed by atoms with Crippen LogP contribution in [0.25, 0.3) is 0 Å². The number of aromatic nitrogens is 1. The zero-order valence-corrected chi connectivity index (χ0v) is 12.8. The van der Waals surface area contributed by atoms with E-state index in [0.29, 0.717) is 10.9 Å². The second kappa shape index (κ2) is 6.21. The molecule has 2 aromatic rings. The van der Waals surface area contributed by atoms with Gasteiger partial charge in [0, 0.05) is 9.77 Å². The molecule has 3 nitrogen and oxygen atoms in total. The van der Waals surface area contributed by atoms with Crippen LogP contribution in [0.3, 0.4) is 0 Å². The molecule has 0 saturated heterocycles. The summed E-state index contributed by atoms with van der Waals surface area (Å²) in [6.45, 7) is 6.00. The lowest BCUT2D eigenvalue weighted by molar-refractivity contribution is -0.113. The number of rotatable bonds is 4. The molecule has 1 aromatic heterocycles. The highest BCUT2D eigenvalue weighted by molar-refractivity contribution is 8.00. The van der Waals surface area contributed by atoms with Crippen LogP contribution in [0.4, 0.5) is 5.13 Å². The molecule has 0 fully saturated rings. The number of nitrogens with one attached hydrogen (secondary N) is 1. The Morgan fingerprint density at radius 1 is 1.32 bits per heavy atom. The second-order valence-electron chi connectivity index (χ2n) is 4.26. The van der Waals surface area contributed by atoms with E-state index in [9.17, 15) is 4.79 Å². The third-order valence-corrected chi connectivity index (χ3v) is 4.89. The third kappa shape index (κ3) is 3.81. The van der Waals surface area contributed by atoms with Gasteiger partial charge in [0.2, 0.25) is 5.91 Å². The molecule has 0 spiro atoms. The molecule has 2 rings (SSSR count). The molecule has 19 heavy (non-hydrogen) atoms. The SMILES string of the molecule is Cc1ccccc1SCC(=O)Nc1nc(C)c(C)s1. The van der Waals surface area contributed by atoms with E-state index in [4.69, 9.17) is 0 Å². The number of amides is 1. The number of carbonyl (C=O) groups is 1. The minimum atomic E-state index is -0.0120. The lowest BCUT2D eigenvalue weighted by Gasteiger charge is -2.04. The van der Waals surface area contributed by atoms with Gasteiger partial charge in [-0.25, -0.2) is 4.98 Å². The number of anilines is 1. The van der Waals surface area contributed by atoms with Crippen molar-refractivity contribution >= 4 is 34.1 Å². The highest BCUT2D eigenvalue weighted by Gasteiger charge is 2.08. The average molecular weight is 292 g/mol. The number of benzene rings is 1. The minimum Gasteiger partial charge on any atom is -0.301 e. The van der Waals surface area contributed by atoms with Crippen molar-refractivity contribution in [3.05, 3.63) is 40.4 Å². The number of hydrogen-bond donors (Lipinski definition) is 1. The molecule has 1 amide bonds. The van der Waals surface area contributed by atoms with Crippen LogP contribution in [0.15, 0.2) is 29.2 Å². The van der Waals surface area contributed by atoms with Crippen molar-refractivity contribution in [1.29, 1.82) is 0 Å². The van der Waals surface area contributed by atoms with E-state index < -0.39 is 0 Å². The van der Waals surface area contributed by atoms with Crippen molar-refractivity contribution in [2.24, 2.45) is 0 Å². The lowest BCUT2D eigenvalue weighted by atomic mass is 10.2. The van der Waals surface area contributed by atoms with Crippen LogP contribution in [0, 0.1) is 20.8 Å². The van der Waals surface area contributed by atoms with E-state index in [1.807, 2.05) is 45.0 Å². The normalized spacial score (nSPS) is 10.5. The molecular formula is C14H16N2OS2. The molecule has 1 heterocycles. The van der Waals surface area contributed by atoms with Crippen molar-refractivity contribution in [2.75, 3.05) is 11.1 Å². The summed E-state index contributed by atoms with van der Waals surface area (Å²) in [6, 6.07) is 8.07. The van der Waals surface area contributed by atoms with E-state index in [2.05, 4.69) is 10.3 Å². The summed E-state index contributed by atoms with van der Waals surface area (Å²) in [5.41, 5.74) is 2.17. The first-order valence-corrected chi connectivity index (χ1v) is 7.79. The van der Waals surface area contributed by atoms with Crippen LogP contribution in [-0.4, -0.2) is 16.6 Å². The van der Waals surface area contributed by atoms with Crippen molar-refractivity contribution in [3.8, 4) is 0 Å². The fourth-order valence-electron chi connectivity index (χ4n) is 1.54. The Bertz CT molecular complexity index is 573. The summed E-state index contributed by atoms with van der Waals surface area (Å²) < 4.78 is 0. The zero-order valence-electron chi connectivity index (χ0n) is 11.2. The highest BCUT2D eigenvalue weighted by atomic mass is 32.2. The zero-order chi connectivity index (χ0) is 13.8. The molecule has 5 heteroatoms. The summed E-state index contributed by atoms with van der Waals surface area (Å²) >= 11 is 3.07. The molecule has 0 saturated carbocycles. The second-order valence-corrected chi connectivity index (χ2v) is 6.48. The quantitative estimate of drug-likeness (QED) is 0.872. The number of aryl methyl sites for hydroxylation is 3. The van der Waals surface area contributed by atoms with Crippen molar-refractivity contribution < 1.29 is 4.79 Å². The summed E-state index contributed by atoms with van der Waals surface area (Å²) in [7, 11) is 0. The standard InChI is InChI=1S/C14H16N2OS2/c1-9-6-4-5-7-12(9)18-8-13(17)16-14-15-10(2)11(3)19-14/h4-7H,8H2,1-3H3,(H,15,16,17). The van der Waals surface area contributed by atoms with E-state index >= 15 is 0 Å². The Hall–Kier alpha value is -1.33. The largest absolute Gasteiger partial charge is 0.301 e. The fourth-order valence-corrected chi connectivity index (χ4v) is 3.20. The predicted molar refractivity (Wildman–Crippen MR) is 82.1 cm³/mol. The molecule has 0 aliphatic rings. The van der Waals surface area contributed by atoms with E-state index in [1.165, 1.54) is 16.9 Å².